The Morgan fingerprint density at radius 1 is 1.21 bits per heavy atom. The summed E-state index contributed by atoms with van der Waals surface area (Å²) < 4.78 is 49.4. The highest BCUT2D eigenvalue weighted by Gasteiger charge is 2.58. The Labute approximate surface area is 172 Å². The second kappa shape index (κ2) is 6.20. The van der Waals surface area contributed by atoms with Gasteiger partial charge in [-0.05, 0) is 25.5 Å². The van der Waals surface area contributed by atoms with Crippen LogP contribution in [0.15, 0.2) is 52.1 Å². The number of anilines is 1. The van der Waals surface area contributed by atoms with E-state index in [1.54, 1.807) is 25.1 Å². The summed E-state index contributed by atoms with van der Waals surface area (Å²) in [6.07, 6.45) is 2.07. The molecular formula is C21H24F3N3OS. The Morgan fingerprint density at radius 3 is 2.48 bits per heavy atom. The average molecular weight is 424 g/mol. The molecule has 1 atom stereocenters. The molecule has 1 aromatic heterocycles. The summed E-state index contributed by atoms with van der Waals surface area (Å²) in [6.45, 7) is 10.0. The van der Waals surface area contributed by atoms with E-state index < -0.39 is 17.4 Å². The molecule has 3 aliphatic rings. The number of rotatable bonds is 2. The normalized spacial score (nSPS) is 23.9. The molecule has 29 heavy (non-hydrogen) atoms. The standard InChI is InChI=1S/C21H24F3N3OS/c1-12-10-20-9-7-8-14(21(22,23)24)27(20)18-25-11-15(29-19(3,4)5)26(18)17(20)13(2)16(12)28-6/h7-9,11H,10H2,1-6H3. The van der Waals surface area contributed by atoms with Gasteiger partial charge in [0.1, 0.15) is 22.0 Å². The Hall–Kier alpha value is -2.09. The van der Waals surface area contributed by atoms with E-state index in [1.807, 2.05) is 24.5 Å². The van der Waals surface area contributed by atoms with Crippen molar-refractivity contribution in [1.82, 2.24) is 9.55 Å². The van der Waals surface area contributed by atoms with Gasteiger partial charge in [-0.1, -0.05) is 32.9 Å². The molecule has 1 aliphatic carbocycles. The zero-order valence-corrected chi connectivity index (χ0v) is 18.1. The van der Waals surface area contributed by atoms with E-state index >= 15 is 0 Å². The third-order valence-corrected chi connectivity index (χ3v) is 6.44. The predicted octanol–water partition coefficient (Wildman–Crippen LogP) is 5.90. The smallest absolute Gasteiger partial charge is 0.431 e. The molecule has 1 spiro atoms. The molecule has 0 saturated carbocycles. The fourth-order valence-electron chi connectivity index (χ4n) is 4.58. The highest BCUT2D eigenvalue weighted by atomic mass is 32.2. The minimum Gasteiger partial charge on any atom is -0.496 e. The van der Waals surface area contributed by atoms with E-state index in [9.17, 15) is 13.2 Å². The highest BCUT2D eigenvalue weighted by Crippen LogP contribution is 2.57. The van der Waals surface area contributed by atoms with Gasteiger partial charge in [-0.25, -0.2) is 4.98 Å². The van der Waals surface area contributed by atoms with Crippen molar-refractivity contribution >= 4 is 23.4 Å². The molecule has 3 heterocycles. The van der Waals surface area contributed by atoms with Crippen LogP contribution < -0.4 is 4.90 Å². The van der Waals surface area contributed by atoms with Gasteiger partial charge in [0.05, 0.1) is 19.0 Å². The van der Waals surface area contributed by atoms with Crippen LogP contribution in [-0.4, -0.2) is 33.1 Å². The van der Waals surface area contributed by atoms with E-state index in [4.69, 9.17) is 4.74 Å². The van der Waals surface area contributed by atoms with Crippen molar-refractivity contribution in [3.63, 3.8) is 0 Å². The van der Waals surface area contributed by atoms with Gasteiger partial charge in [0.2, 0.25) is 5.95 Å². The fraction of sp³-hybridized carbons (Fsp3) is 0.476. The molecule has 4 rings (SSSR count). The number of allylic oxidation sites excluding steroid dienone is 4. The van der Waals surface area contributed by atoms with Crippen molar-refractivity contribution < 1.29 is 17.9 Å². The average Bonchev–Trinajstić information content (AvgIpc) is 3.08. The van der Waals surface area contributed by atoms with Crippen molar-refractivity contribution in [2.24, 2.45) is 0 Å². The lowest BCUT2D eigenvalue weighted by molar-refractivity contribution is -0.0945. The second-order valence-corrected chi connectivity index (χ2v) is 10.4. The maximum absolute atomic E-state index is 14.0. The Morgan fingerprint density at radius 2 is 1.90 bits per heavy atom. The van der Waals surface area contributed by atoms with Crippen LogP contribution >= 0.6 is 11.8 Å². The van der Waals surface area contributed by atoms with E-state index in [0.29, 0.717) is 12.4 Å². The monoisotopic (exact) mass is 423 g/mol. The number of methoxy groups -OCH3 is 1. The van der Waals surface area contributed by atoms with E-state index in [-0.39, 0.29) is 4.75 Å². The summed E-state index contributed by atoms with van der Waals surface area (Å²) in [5.74, 6) is 1.03. The second-order valence-electron chi connectivity index (χ2n) is 8.58. The number of aromatic nitrogens is 2. The summed E-state index contributed by atoms with van der Waals surface area (Å²) in [5, 5.41) is 0.820. The number of hydrogen-bond acceptors (Lipinski definition) is 4. The summed E-state index contributed by atoms with van der Waals surface area (Å²) in [7, 11) is 1.60. The minimum absolute atomic E-state index is 0.120. The molecule has 0 radical (unpaired) electrons. The van der Waals surface area contributed by atoms with Gasteiger partial charge in [0.25, 0.3) is 0 Å². The molecule has 0 saturated heterocycles. The van der Waals surface area contributed by atoms with Crippen molar-refractivity contribution in [2.45, 2.75) is 62.5 Å². The zero-order chi connectivity index (χ0) is 21.4. The van der Waals surface area contributed by atoms with Crippen molar-refractivity contribution in [2.75, 3.05) is 12.0 Å². The van der Waals surface area contributed by atoms with Gasteiger partial charge in [-0.2, -0.15) is 13.2 Å². The maximum atomic E-state index is 14.0. The van der Waals surface area contributed by atoms with Crippen LogP contribution in [0, 0.1) is 0 Å². The molecule has 0 bridgehead atoms. The van der Waals surface area contributed by atoms with Gasteiger partial charge in [-0.15, -0.1) is 11.8 Å². The predicted molar refractivity (Wildman–Crippen MR) is 110 cm³/mol. The van der Waals surface area contributed by atoms with Crippen LogP contribution in [0.2, 0.25) is 0 Å². The molecule has 4 nitrogen and oxygen atoms in total. The number of ether oxygens (including phenoxy) is 1. The first kappa shape index (κ1) is 20.2. The number of thioether (sulfide) groups is 1. The summed E-state index contributed by atoms with van der Waals surface area (Å²) in [5.41, 5.74) is 0.873. The summed E-state index contributed by atoms with van der Waals surface area (Å²) in [4.78, 5) is 5.81. The number of nitrogens with zero attached hydrogens (tertiary/aromatic N) is 3. The van der Waals surface area contributed by atoms with E-state index in [1.165, 1.54) is 11.0 Å². The molecule has 0 N–H and O–H groups in total. The highest BCUT2D eigenvalue weighted by molar-refractivity contribution is 8.00. The zero-order valence-electron chi connectivity index (χ0n) is 17.3. The third-order valence-electron chi connectivity index (χ3n) is 5.33. The largest absolute Gasteiger partial charge is 0.496 e. The fourth-order valence-corrected chi connectivity index (χ4v) is 5.58. The lowest BCUT2D eigenvalue weighted by atomic mass is 9.78. The molecule has 156 valence electrons. The topological polar surface area (TPSA) is 30.3 Å². The van der Waals surface area contributed by atoms with Gasteiger partial charge in [-0.3, -0.25) is 9.47 Å². The molecular weight excluding hydrogens is 399 g/mol. The van der Waals surface area contributed by atoms with Crippen LogP contribution in [0.3, 0.4) is 0 Å². The van der Waals surface area contributed by atoms with E-state index in [2.05, 4.69) is 25.8 Å². The molecule has 0 fully saturated rings. The van der Waals surface area contributed by atoms with Crippen molar-refractivity contribution in [1.29, 1.82) is 0 Å². The first-order valence-electron chi connectivity index (χ1n) is 9.40. The Bertz CT molecular complexity index is 1010. The summed E-state index contributed by atoms with van der Waals surface area (Å²) in [6, 6.07) is 0. The van der Waals surface area contributed by atoms with Crippen LogP contribution in [0.5, 0.6) is 0 Å². The lowest BCUT2D eigenvalue weighted by Gasteiger charge is -2.43. The first-order valence-corrected chi connectivity index (χ1v) is 10.2. The molecule has 0 aromatic carbocycles. The number of halogens is 3. The van der Waals surface area contributed by atoms with Gasteiger partial charge < -0.3 is 4.74 Å². The van der Waals surface area contributed by atoms with Gasteiger partial charge in [0, 0.05) is 16.7 Å². The molecule has 8 heteroatoms. The van der Waals surface area contributed by atoms with Crippen molar-refractivity contribution in [3.05, 3.63) is 47.0 Å². The third kappa shape index (κ3) is 2.86. The van der Waals surface area contributed by atoms with Crippen LogP contribution in [-0.2, 0) is 4.74 Å². The number of fused-ring (bicyclic) bond motifs is 3. The Kier molecular flexibility index (Phi) is 4.32. The minimum atomic E-state index is -4.49. The Balaban J connectivity index is 2.03. The molecule has 1 unspecified atom stereocenters. The number of alkyl halides is 3. The summed E-state index contributed by atoms with van der Waals surface area (Å²) >= 11 is 1.59. The molecule has 1 aromatic rings. The molecule has 2 aliphatic heterocycles. The van der Waals surface area contributed by atoms with Crippen LogP contribution in [0.25, 0.3) is 5.70 Å². The van der Waals surface area contributed by atoms with Gasteiger partial charge in [0.15, 0.2) is 0 Å². The SMILES string of the molecule is COC1=C(C)CC23C=CC=C(C(F)(F)F)N2c2ncc(SC(C)(C)C)n2C3=C1C. The molecule has 0 amide bonds. The van der Waals surface area contributed by atoms with Crippen LogP contribution in [0.1, 0.15) is 41.0 Å². The number of hydrogen-bond donors (Lipinski definition) is 0. The number of imidazole rings is 1. The quantitative estimate of drug-likeness (QED) is 0.554. The lowest BCUT2D eigenvalue weighted by Crippen LogP contribution is -2.50. The van der Waals surface area contributed by atoms with Crippen molar-refractivity contribution in [3.8, 4) is 0 Å². The van der Waals surface area contributed by atoms with Crippen LogP contribution in [0.4, 0.5) is 19.1 Å². The van der Waals surface area contributed by atoms with Gasteiger partial charge >= 0.3 is 6.18 Å². The first-order chi connectivity index (χ1) is 13.4. The maximum Gasteiger partial charge on any atom is 0.431 e. The van der Waals surface area contributed by atoms with E-state index in [0.717, 1.165) is 33.7 Å².